The standard InChI is InChI=1S/C19H23FN4O/c1-13-21-14(2)24(22-13)17-7-4-10-23(12-17)18(25)19(8-9-19)15-5-3-6-16(20)11-15/h3,5-6,11,17H,4,7-10,12H2,1-2H3/t17-/m0/s1. The van der Waals surface area contributed by atoms with Crippen LogP contribution in [0.2, 0.25) is 0 Å². The predicted octanol–water partition coefficient (Wildman–Crippen LogP) is 2.93. The maximum absolute atomic E-state index is 13.6. The summed E-state index contributed by atoms with van der Waals surface area (Å²) < 4.78 is 15.6. The fourth-order valence-electron chi connectivity index (χ4n) is 4.06. The monoisotopic (exact) mass is 342 g/mol. The normalized spacial score (nSPS) is 22.0. The molecule has 5 nitrogen and oxygen atoms in total. The molecular formula is C19H23FN4O. The van der Waals surface area contributed by atoms with Gasteiger partial charge in [-0.25, -0.2) is 14.1 Å². The smallest absolute Gasteiger partial charge is 0.233 e. The van der Waals surface area contributed by atoms with E-state index in [4.69, 9.17) is 0 Å². The second kappa shape index (κ2) is 5.93. The minimum Gasteiger partial charge on any atom is -0.340 e. The Kier molecular flexibility index (Phi) is 3.85. The SMILES string of the molecule is Cc1nc(C)n([C@H]2CCCN(C(=O)C3(c4cccc(F)c4)CC3)C2)n1. The van der Waals surface area contributed by atoms with Crippen LogP contribution in [-0.4, -0.2) is 38.7 Å². The molecule has 25 heavy (non-hydrogen) atoms. The lowest BCUT2D eigenvalue weighted by molar-refractivity contribution is -0.135. The van der Waals surface area contributed by atoms with Crippen molar-refractivity contribution in [2.45, 2.75) is 51.0 Å². The maximum Gasteiger partial charge on any atom is 0.233 e. The van der Waals surface area contributed by atoms with Crippen molar-refractivity contribution in [3.05, 3.63) is 47.3 Å². The van der Waals surface area contributed by atoms with Gasteiger partial charge in [0.25, 0.3) is 0 Å². The van der Waals surface area contributed by atoms with Crippen molar-refractivity contribution >= 4 is 5.91 Å². The lowest BCUT2D eigenvalue weighted by Crippen LogP contribution is -2.45. The van der Waals surface area contributed by atoms with Gasteiger partial charge >= 0.3 is 0 Å². The van der Waals surface area contributed by atoms with E-state index in [1.807, 2.05) is 29.5 Å². The zero-order chi connectivity index (χ0) is 17.6. The maximum atomic E-state index is 13.6. The van der Waals surface area contributed by atoms with E-state index in [0.29, 0.717) is 6.54 Å². The van der Waals surface area contributed by atoms with Crippen LogP contribution in [-0.2, 0) is 10.2 Å². The number of likely N-dealkylation sites (tertiary alicyclic amines) is 1. The molecular weight excluding hydrogens is 319 g/mol. The minimum absolute atomic E-state index is 0.136. The van der Waals surface area contributed by atoms with E-state index < -0.39 is 5.41 Å². The predicted molar refractivity (Wildman–Crippen MR) is 91.7 cm³/mol. The van der Waals surface area contributed by atoms with E-state index in [9.17, 15) is 9.18 Å². The molecule has 0 radical (unpaired) electrons. The highest BCUT2D eigenvalue weighted by Crippen LogP contribution is 2.50. The molecule has 0 bridgehead atoms. The average molecular weight is 342 g/mol. The summed E-state index contributed by atoms with van der Waals surface area (Å²) >= 11 is 0. The lowest BCUT2D eigenvalue weighted by atomic mass is 9.92. The fourth-order valence-corrected chi connectivity index (χ4v) is 4.06. The lowest BCUT2D eigenvalue weighted by Gasteiger charge is -2.35. The number of carbonyl (C=O) groups excluding carboxylic acids is 1. The molecule has 2 heterocycles. The summed E-state index contributed by atoms with van der Waals surface area (Å²) in [6, 6.07) is 6.68. The molecule has 2 aromatic rings. The highest BCUT2D eigenvalue weighted by atomic mass is 19.1. The van der Waals surface area contributed by atoms with Gasteiger partial charge in [-0.05, 0) is 57.2 Å². The van der Waals surface area contributed by atoms with Crippen LogP contribution in [0.25, 0.3) is 0 Å². The number of nitrogens with zero attached hydrogens (tertiary/aromatic N) is 4. The molecule has 1 saturated heterocycles. The van der Waals surface area contributed by atoms with Gasteiger partial charge in [-0.2, -0.15) is 5.10 Å². The number of amides is 1. The van der Waals surface area contributed by atoms with Gasteiger partial charge in [0, 0.05) is 13.1 Å². The third-order valence-corrected chi connectivity index (χ3v) is 5.47. The summed E-state index contributed by atoms with van der Waals surface area (Å²) in [7, 11) is 0. The molecule has 1 aliphatic heterocycles. The highest BCUT2D eigenvalue weighted by molar-refractivity contribution is 5.91. The number of aromatic nitrogens is 3. The van der Waals surface area contributed by atoms with Crippen LogP contribution in [0, 0.1) is 19.7 Å². The van der Waals surface area contributed by atoms with Gasteiger partial charge < -0.3 is 4.90 Å². The van der Waals surface area contributed by atoms with E-state index in [0.717, 1.165) is 49.4 Å². The van der Waals surface area contributed by atoms with E-state index in [1.54, 1.807) is 6.07 Å². The van der Waals surface area contributed by atoms with Gasteiger partial charge in [0.15, 0.2) is 0 Å². The summed E-state index contributed by atoms with van der Waals surface area (Å²) in [5.41, 5.74) is 0.296. The molecule has 0 N–H and O–H groups in total. The summed E-state index contributed by atoms with van der Waals surface area (Å²) in [6.07, 6.45) is 3.56. The van der Waals surface area contributed by atoms with Crippen LogP contribution in [0.3, 0.4) is 0 Å². The molecule has 132 valence electrons. The first kappa shape index (κ1) is 16.2. The zero-order valence-electron chi connectivity index (χ0n) is 14.7. The van der Waals surface area contributed by atoms with E-state index in [-0.39, 0.29) is 17.8 Å². The van der Waals surface area contributed by atoms with Gasteiger partial charge in [0.1, 0.15) is 17.5 Å². The second-order valence-electron chi connectivity index (χ2n) is 7.29. The van der Waals surface area contributed by atoms with Crippen LogP contribution < -0.4 is 0 Å². The van der Waals surface area contributed by atoms with Crippen molar-refractivity contribution in [2.24, 2.45) is 0 Å². The fraction of sp³-hybridized carbons (Fsp3) is 0.526. The summed E-state index contributed by atoms with van der Waals surface area (Å²) in [5.74, 6) is 1.52. The van der Waals surface area contributed by atoms with Gasteiger partial charge in [-0.3, -0.25) is 4.79 Å². The van der Waals surface area contributed by atoms with E-state index in [1.165, 1.54) is 12.1 Å². The minimum atomic E-state index is -0.517. The number of aryl methyl sites for hydroxylation is 2. The first-order chi connectivity index (χ1) is 12.0. The summed E-state index contributed by atoms with van der Waals surface area (Å²) in [5, 5.41) is 4.49. The second-order valence-corrected chi connectivity index (χ2v) is 7.29. The van der Waals surface area contributed by atoms with Crippen LogP contribution in [0.5, 0.6) is 0 Å². The topological polar surface area (TPSA) is 51.0 Å². The van der Waals surface area contributed by atoms with E-state index in [2.05, 4.69) is 10.1 Å². The molecule has 1 aromatic carbocycles. The number of hydrogen-bond acceptors (Lipinski definition) is 3. The van der Waals surface area contributed by atoms with Gasteiger partial charge in [0.05, 0.1) is 11.5 Å². The van der Waals surface area contributed by atoms with Crippen LogP contribution in [0.15, 0.2) is 24.3 Å². The Morgan fingerprint density at radius 2 is 2.12 bits per heavy atom. The van der Waals surface area contributed by atoms with Crippen molar-refractivity contribution in [1.29, 1.82) is 0 Å². The third kappa shape index (κ3) is 2.83. The van der Waals surface area contributed by atoms with Gasteiger partial charge in [0.2, 0.25) is 5.91 Å². The van der Waals surface area contributed by atoms with Crippen LogP contribution in [0.4, 0.5) is 4.39 Å². The molecule has 2 fully saturated rings. The molecule has 1 amide bonds. The van der Waals surface area contributed by atoms with Crippen molar-refractivity contribution in [1.82, 2.24) is 19.7 Å². The van der Waals surface area contributed by atoms with Crippen molar-refractivity contribution in [3.8, 4) is 0 Å². The van der Waals surface area contributed by atoms with Gasteiger partial charge in [-0.1, -0.05) is 12.1 Å². The molecule has 2 aliphatic rings. The number of benzene rings is 1. The number of hydrogen-bond donors (Lipinski definition) is 0. The highest BCUT2D eigenvalue weighted by Gasteiger charge is 2.53. The third-order valence-electron chi connectivity index (χ3n) is 5.47. The largest absolute Gasteiger partial charge is 0.340 e. The number of carbonyl (C=O) groups is 1. The van der Waals surface area contributed by atoms with Crippen molar-refractivity contribution in [2.75, 3.05) is 13.1 Å². The Hall–Kier alpha value is -2.24. The number of rotatable bonds is 3. The van der Waals surface area contributed by atoms with Gasteiger partial charge in [-0.15, -0.1) is 0 Å². The Bertz CT molecular complexity index is 812. The Morgan fingerprint density at radius 1 is 1.32 bits per heavy atom. The molecule has 6 heteroatoms. The van der Waals surface area contributed by atoms with Crippen LogP contribution >= 0.6 is 0 Å². The Morgan fingerprint density at radius 3 is 2.76 bits per heavy atom. The molecule has 0 unspecified atom stereocenters. The summed E-state index contributed by atoms with van der Waals surface area (Å²) in [4.78, 5) is 19.5. The Balaban J connectivity index is 1.55. The first-order valence-corrected chi connectivity index (χ1v) is 8.95. The molecule has 0 spiro atoms. The molecule has 1 aliphatic carbocycles. The van der Waals surface area contributed by atoms with E-state index >= 15 is 0 Å². The van der Waals surface area contributed by atoms with Crippen molar-refractivity contribution < 1.29 is 9.18 Å². The van der Waals surface area contributed by atoms with Crippen molar-refractivity contribution in [3.63, 3.8) is 0 Å². The molecule has 1 saturated carbocycles. The molecule has 1 aromatic heterocycles. The number of halogens is 1. The molecule has 1 atom stereocenters. The molecule has 4 rings (SSSR count). The first-order valence-electron chi connectivity index (χ1n) is 8.95. The average Bonchev–Trinajstić information content (AvgIpc) is 3.34. The number of piperidine rings is 1. The Labute approximate surface area is 146 Å². The quantitative estimate of drug-likeness (QED) is 0.862. The zero-order valence-corrected chi connectivity index (χ0v) is 14.7. The van der Waals surface area contributed by atoms with Crippen LogP contribution in [0.1, 0.15) is 48.9 Å². The summed E-state index contributed by atoms with van der Waals surface area (Å²) in [6.45, 7) is 5.26.